The molecule has 0 radical (unpaired) electrons. The molecule has 0 aromatic heterocycles. The van der Waals surface area contributed by atoms with E-state index in [4.69, 9.17) is 5.41 Å². The van der Waals surface area contributed by atoms with Crippen molar-refractivity contribution in [3.63, 3.8) is 0 Å². The fourth-order valence-electron chi connectivity index (χ4n) is 0.906. The van der Waals surface area contributed by atoms with Crippen molar-refractivity contribution in [2.24, 2.45) is 4.99 Å². The van der Waals surface area contributed by atoms with Gasteiger partial charge in [0, 0.05) is 6.21 Å². The van der Waals surface area contributed by atoms with Gasteiger partial charge in [0.2, 0.25) is 0 Å². The number of alkyl halides is 3. The molecular weight excluding hydrogens is 205 g/mol. The molecule has 0 heterocycles. The van der Waals surface area contributed by atoms with Crippen molar-refractivity contribution in [2.45, 2.75) is 39.3 Å². The summed E-state index contributed by atoms with van der Waals surface area (Å²) in [5.74, 6) is 0. The van der Waals surface area contributed by atoms with E-state index >= 15 is 0 Å². The van der Waals surface area contributed by atoms with Gasteiger partial charge in [-0.3, -0.25) is 4.99 Å². The van der Waals surface area contributed by atoms with Gasteiger partial charge < -0.3 is 5.41 Å². The number of aliphatic imine (C=N–C) groups is 1. The van der Waals surface area contributed by atoms with Gasteiger partial charge in [-0.15, -0.1) is 0 Å². The number of allylic oxidation sites excluding steroid dienone is 2. The topological polar surface area (TPSA) is 36.2 Å². The van der Waals surface area contributed by atoms with Crippen LogP contribution in [-0.4, -0.2) is 18.6 Å². The van der Waals surface area contributed by atoms with Crippen LogP contribution in [0.15, 0.2) is 16.3 Å². The Kier molecular flexibility index (Phi) is 5.89. The first-order valence-electron chi connectivity index (χ1n) is 4.71. The molecule has 0 spiro atoms. The molecule has 0 aliphatic rings. The Morgan fingerprint density at radius 3 is 2.33 bits per heavy atom. The monoisotopic (exact) mass is 220 g/mol. The van der Waals surface area contributed by atoms with Gasteiger partial charge in [-0.2, -0.15) is 13.2 Å². The number of rotatable bonds is 5. The standard InChI is InChI=1S/C10H15F3N2/c1-3-8(2)9(10(11,12)13)15-7-5-4-6-14/h6-7,14H,3-5H2,1-2H3/b9-8-,14-6?,15-7-. The van der Waals surface area contributed by atoms with Gasteiger partial charge in [0.15, 0.2) is 0 Å². The molecule has 0 atom stereocenters. The van der Waals surface area contributed by atoms with E-state index in [0.29, 0.717) is 19.3 Å². The minimum absolute atomic E-state index is 0.230. The van der Waals surface area contributed by atoms with Crippen molar-refractivity contribution in [1.82, 2.24) is 0 Å². The maximum atomic E-state index is 12.5. The third kappa shape index (κ3) is 5.34. The molecule has 15 heavy (non-hydrogen) atoms. The Hall–Kier alpha value is -1.13. The predicted molar refractivity (Wildman–Crippen MR) is 55.6 cm³/mol. The second-order valence-electron chi connectivity index (χ2n) is 3.07. The van der Waals surface area contributed by atoms with Crippen LogP contribution in [0.4, 0.5) is 13.2 Å². The van der Waals surface area contributed by atoms with Gasteiger partial charge in [-0.05, 0) is 38.0 Å². The summed E-state index contributed by atoms with van der Waals surface area (Å²) < 4.78 is 37.4. The second kappa shape index (κ2) is 6.37. The molecule has 0 bridgehead atoms. The molecule has 1 N–H and O–H groups in total. The zero-order valence-electron chi connectivity index (χ0n) is 8.86. The van der Waals surface area contributed by atoms with E-state index in [9.17, 15) is 13.2 Å². The fourth-order valence-corrected chi connectivity index (χ4v) is 0.906. The molecule has 0 aliphatic heterocycles. The molecule has 0 aliphatic carbocycles. The number of hydrogen-bond acceptors (Lipinski definition) is 2. The van der Waals surface area contributed by atoms with Crippen LogP contribution in [0.25, 0.3) is 0 Å². The Balaban J connectivity index is 4.69. The lowest BCUT2D eigenvalue weighted by molar-refractivity contribution is -0.0932. The Bertz CT molecular complexity index is 264. The third-order valence-electron chi connectivity index (χ3n) is 1.86. The summed E-state index contributed by atoms with van der Waals surface area (Å²) in [7, 11) is 0. The second-order valence-corrected chi connectivity index (χ2v) is 3.07. The zero-order chi connectivity index (χ0) is 11.9. The summed E-state index contributed by atoms with van der Waals surface area (Å²) in [6, 6.07) is 0. The van der Waals surface area contributed by atoms with Gasteiger partial charge in [0.25, 0.3) is 0 Å². The first kappa shape index (κ1) is 13.9. The van der Waals surface area contributed by atoms with Gasteiger partial charge in [-0.1, -0.05) is 6.92 Å². The van der Waals surface area contributed by atoms with Crippen molar-refractivity contribution in [1.29, 1.82) is 5.41 Å². The molecular formula is C10H15F3N2. The third-order valence-corrected chi connectivity index (χ3v) is 1.86. The SMILES string of the molecule is CC/C(C)=C(\N=C/CCC=N)C(F)(F)F. The summed E-state index contributed by atoms with van der Waals surface area (Å²) in [5.41, 5.74) is -0.580. The molecule has 0 saturated heterocycles. The zero-order valence-corrected chi connectivity index (χ0v) is 8.86. The van der Waals surface area contributed by atoms with Crippen molar-refractivity contribution < 1.29 is 13.2 Å². The van der Waals surface area contributed by atoms with Crippen LogP contribution in [0.3, 0.4) is 0 Å². The normalized spacial score (nSPS) is 14.2. The summed E-state index contributed by atoms with van der Waals surface area (Å²) >= 11 is 0. The van der Waals surface area contributed by atoms with Gasteiger partial charge in [0.05, 0.1) is 0 Å². The molecule has 0 unspecified atom stereocenters. The smallest absolute Gasteiger partial charge is 0.313 e. The maximum Gasteiger partial charge on any atom is 0.433 e. The maximum absolute atomic E-state index is 12.5. The highest BCUT2D eigenvalue weighted by atomic mass is 19.4. The van der Waals surface area contributed by atoms with Crippen LogP contribution in [0.5, 0.6) is 0 Å². The van der Waals surface area contributed by atoms with Crippen molar-refractivity contribution in [2.75, 3.05) is 0 Å². The molecule has 0 amide bonds. The molecule has 0 aromatic carbocycles. The molecule has 0 aromatic rings. The molecule has 0 saturated carbocycles. The first-order valence-corrected chi connectivity index (χ1v) is 4.71. The summed E-state index contributed by atoms with van der Waals surface area (Å²) in [4.78, 5) is 3.43. The number of unbranched alkanes of at least 4 members (excludes halogenated alkanes) is 1. The van der Waals surface area contributed by atoms with E-state index in [2.05, 4.69) is 4.99 Å². The minimum atomic E-state index is -4.39. The van der Waals surface area contributed by atoms with E-state index in [1.807, 2.05) is 0 Å². The number of nitrogens with one attached hydrogen (secondary N) is 1. The van der Waals surface area contributed by atoms with E-state index < -0.39 is 11.9 Å². The van der Waals surface area contributed by atoms with Gasteiger partial charge >= 0.3 is 6.18 Å². The molecule has 5 heteroatoms. The van der Waals surface area contributed by atoms with Gasteiger partial charge in [0.1, 0.15) is 5.70 Å². The molecule has 2 nitrogen and oxygen atoms in total. The average Bonchev–Trinajstić information content (AvgIpc) is 2.15. The first-order chi connectivity index (χ1) is 6.93. The number of nitrogens with zero attached hydrogens (tertiary/aromatic N) is 1. The molecule has 0 rings (SSSR count). The quantitative estimate of drug-likeness (QED) is 0.541. The average molecular weight is 220 g/mol. The highest BCUT2D eigenvalue weighted by molar-refractivity contribution is 5.65. The van der Waals surface area contributed by atoms with Crippen LogP contribution >= 0.6 is 0 Å². The van der Waals surface area contributed by atoms with E-state index in [1.54, 1.807) is 6.92 Å². The highest BCUT2D eigenvalue weighted by Gasteiger charge is 2.34. The fraction of sp³-hybridized carbons (Fsp3) is 0.600. The van der Waals surface area contributed by atoms with Crippen LogP contribution < -0.4 is 0 Å². The lowest BCUT2D eigenvalue weighted by atomic mass is 10.2. The number of halogens is 3. The van der Waals surface area contributed by atoms with E-state index in [0.717, 1.165) is 6.21 Å². The summed E-state index contributed by atoms with van der Waals surface area (Å²) in [6.45, 7) is 3.09. The van der Waals surface area contributed by atoms with E-state index in [1.165, 1.54) is 13.1 Å². The Morgan fingerprint density at radius 1 is 1.33 bits per heavy atom. The van der Waals surface area contributed by atoms with Crippen molar-refractivity contribution in [3.8, 4) is 0 Å². The predicted octanol–water partition coefficient (Wildman–Crippen LogP) is 3.73. The molecule has 86 valence electrons. The Morgan fingerprint density at radius 2 is 1.93 bits per heavy atom. The van der Waals surface area contributed by atoms with Crippen LogP contribution in [0.1, 0.15) is 33.1 Å². The summed E-state index contributed by atoms with van der Waals surface area (Å²) in [5, 5.41) is 6.71. The Labute approximate surface area is 87.4 Å². The lowest BCUT2D eigenvalue weighted by Gasteiger charge is -2.09. The lowest BCUT2D eigenvalue weighted by Crippen LogP contribution is -2.12. The highest BCUT2D eigenvalue weighted by Crippen LogP contribution is 2.30. The minimum Gasteiger partial charge on any atom is -0.313 e. The summed E-state index contributed by atoms with van der Waals surface area (Å²) in [6.07, 6.45) is -0.916. The van der Waals surface area contributed by atoms with Crippen LogP contribution in [-0.2, 0) is 0 Å². The van der Waals surface area contributed by atoms with Gasteiger partial charge in [-0.25, -0.2) is 0 Å². The van der Waals surface area contributed by atoms with Crippen LogP contribution in [0, 0.1) is 5.41 Å². The van der Waals surface area contributed by atoms with E-state index in [-0.39, 0.29) is 5.57 Å². The van der Waals surface area contributed by atoms with Crippen LogP contribution in [0.2, 0.25) is 0 Å². The van der Waals surface area contributed by atoms with Crippen molar-refractivity contribution in [3.05, 3.63) is 11.3 Å². The number of hydrogen-bond donors (Lipinski definition) is 1. The molecule has 0 fully saturated rings. The van der Waals surface area contributed by atoms with Crippen molar-refractivity contribution >= 4 is 12.4 Å². The largest absolute Gasteiger partial charge is 0.433 e.